The molecule has 0 unspecified atom stereocenters. The maximum absolute atomic E-state index is 5.69. The van der Waals surface area contributed by atoms with Crippen molar-refractivity contribution in [3.8, 4) is 17.2 Å². The summed E-state index contributed by atoms with van der Waals surface area (Å²) in [6.45, 7) is 6.86. The van der Waals surface area contributed by atoms with Crippen molar-refractivity contribution < 1.29 is 14.2 Å². The van der Waals surface area contributed by atoms with Crippen LogP contribution in [-0.2, 0) is 13.1 Å². The topological polar surface area (TPSA) is 64.1 Å². The van der Waals surface area contributed by atoms with E-state index in [0.717, 1.165) is 48.2 Å². The zero-order valence-electron chi connectivity index (χ0n) is 17.7. The van der Waals surface area contributed by atoms with E-state index >= 15 is 0 Å². The van der Waals surface area contributed by atoms with Crippen molar-refractivity contribution in [3.05, 3.63) is 53.6 Å². The number of rotatable bonds is 10. The predicted molar refractivity (Wildman–Crippen MR) is 129 cm³/mol. The molecule has 160 valence electrons. The Labute approximate surface area is 191 Å². The summed E-state index contributed by atoms with van der Waals surface area (Å²) in [5, 5.41) is 6.63. The van der Waals surface area contributed by atoms with Crippen LogP contribution in [0.1, 0.15) is 31.4 Å². The molecule has 2 N–H and O–H groups in total. The van der Waals surface area contributed by atoms with Crippen molar-refractivity contribution in [3.63, 3.8) is 0 Å². The van der Waals surface area contributed by atoms with Crippen molar-refractivity contribution in [1.82, 2.24) is 10.6 Å². The minimum absolute atomic E-state index is 0. The zero-order chi connectivity index (χ0) is 20.2. The quantitative estimate of drug-likeness (QED) is 0.281. The molecule has 6 nitrogen and oxygen atoms in total. The Morgan fingerprint density at radius 1 is 0.931 bits per heavy atom. The monoisotopic (exact) mass is 513 g/mol. The van der Waals surface area contributed by atoms with Gasteiger partial charge in [-0.15, -0.1) is 24.0 Å². The number of guanidine groups is 1. The van der Waals surface area contributed by atoms with Gasteiger partial charge in [0.1, 0.15) is 5.75 Å². The van der Waals surface area contributed by atoms with Crippen LogP contribution in [0.15, 0.2) is 47.5 Å². The number of hydrogen-bond donors (Lipinski definition) is 2. The standard InChI is InChI=1S/C22H31N3O3.HI/c1-5-12-28-19-9-7-8-17(13-19)15-24-22(23-6-2)25-16-18-10-11-20(26-3)21(14-18)27-4;/h7-11,13-14H,5-6,12,15-16H2,1-4H3,(H2,23,24,25);1H. The van der Waals surface area contributed by atoms with Gasteiger partial charge in [-0.2, -0.15) is 0 Å². The number of hydrogen-bond acceptors (Lipinski definition) is 4. The lowest BCUT2D eigenvalue weighted by Crippen LogP contribution is -2.36. The Morgan fingerprint density at radius 3 is 2.41 bits per heavy atom. The van der Waals surface area contributed by atoms with Crippen LogP contribution >= 0.6 is 24.0 Å². The molecule has 0 aliphatic heterocycles. The van der Waals surface area contributed by atoms with Gasteiger partial charge in [-0.05, 0) is 48.7 Å². The number of benzene rings is 2. The molecule has 0 aliphatic carbocycles. The first-order valence-electron chi connectivity index (χ1n) is 9.65. The molecule has 0 spiro atoms. The van der Waals surface area contributed by atoms with Gasteiger partial charge in [0, 0.05) is 13.1 Å². The average molecular weight is 513 g/mol. The van der Waals surface area contributed by atoms with Crippen LogP contribution < -0.4 is 24.8 Å². The van der Waals surface area contributed by atoms with Crippen molar-refractivity contribution in [1.29, 1.82) is 0 Å². The van der Waals surface area contributed by atoms with Gasteiger partial charge in [-0.25, -0.2) is 4.99 Å². The van der Waals surface area contributed by atoms with Crippen molar-refractivity contribution in [2.24, 2.45) is 4.99 Å². The molecule has 2 aromatic carbocycles. The molecular formula is C22H32IN3O3. The van der Waals surface area contributed by atoms with Crippen LogP contribution in [0, 0.1) is 0 Å². The van der Waals surface area contributed by atoms with E-state index in [2.05, 4.69) is 28.6 Å². The second-order valence-electron chi connectivity index (χ2n) is 6.23. The van der Waals surface area contributed by atoms with Gasteiger partial charge in [0.05, 0.1) is 27.4 Å². The maximum Gasteiger partial charge on any atom is 0.191 e. The van der Waals surface area contributed by atoms with E-state index in [1.807, 2.05) is 43.3 Å². The molecule has 0 fully saturated rings. The first-order chi connectivity index (χ1) is 13.7. The molecule has 2 aromatic rings. The van der Waals surface area contributed by atoms with Crippen LogP contribution in [0.25, 0.3) is 0 Å². The summed E-state index contributed by atoms with van der Waals surface area (Å²) in [4.78, 5) is 4.68. The largest absolute Gasteiger partial charge is 0.494 e. The maximum atomic E-state index is 5.69. The zero-order valence-corrected chi connectivity index (χ0v) is 20.0. The fourth-order valence-electron chi connectivity index (χ4n) is 2.64. The fourth-order valence-corrected chi connectivity index (χ4v) is 2.64. The highest BCUT2D eigenvalue weighted by Crippen LogP contribution is 2.27. The average Bonchev–Trinajstić information content (AvgIpc) is 2.74. The molecule has 7 heteroatoms. The predicted octanol–water partition coefficient (Wildman–Crippen LogP) is 4.37. The van der Waals surface area contributed by atoms with Gasteiger partial charge in [-0.1, -0.05) is 25.1 Å². The fraction of sp³-hybridized carbons (Fsp3) is 0.409. The van der Waals surface area contributed by atoms with E-state index < -0.39 is 0 Å². The summed E-state index contributed by atoms with van der Waals surface area (Å²) < 4.78 is 16.3. The first-order valence-corrected chi connectivity index (χ1v) is 9.65. The molecule has 2 rings (SSSR count). The highest BCUT2D eigenvalue weighted by Gasteiger charge is 2.05. The second kappa shape index (κ2) is 13.9. The van der Waals surface area contributed by atoms with Crippen molar-refractivity contribution in [2.45, 2.75) is 33.4 Å². The minimum Gasteiger partial charge on any atom is -0.494 e. The van der Waals surface area contributed by atoms with Crippen molar-refractivity contribution in [2.75, 3.05) is 27.4 Å². The Hall–Kier alpha value is -2.16. The number of nitrogens with zero attached hydrogens (tertiary/aromatic N) is 1. The number of ether oxygens (including phenoxy) is 3. The van der Waals surface area contributed by atoms with Crippen molar-refractivity contribution >= 4 is 29.9 Å². The third-order valence-electron chi connectivity index (χ3n) is 4.04. The molecule has 29 heavy (non-hydrogen) atoms. The van der Waals surface area contributed by atoms with Crippen LogP contribution in [-0.4, -0.2) is 33.3 Å². The van der Waals surface area contributed by atoms with Crippen LogP contribution in [0.5, 0.6) is 17.2 Å². The van der Waals surface area contributed by atoms with E-state index in [1.54, 1.807) is 14.2 Å². The molecular weight excluding hydrogens is 481 g/mol. The van der Waals surface area contributed by atoms with Gasteiger partial charge in [0.2, 0.25) is 0 Å². The van der Waals surface area contributed by atoms with E-state index in [4.69, 9.17) is 14.2 Å². The van der Waals surface area contributed by atoms with E-state index in [9.17, 15) is 0 Å². The van der Waals surface area contributed by atoms with E-state index in [1.165, 1.54) is 0 Å². The number of aliphatic imine (C=N–C) groups is 1. The minimum atomic E-state index is 0. The SMILES string of the molecule is CCCOc1cccc(CN=C(NCC)NCc2ccc(OC)c(OC)c2)c1.I. The third kappa shape index (κ3) is 8.39. The van der Waals surface area contributed by atoms with Gasteiger partial charge >= 0.3 is 0 Å². The van der Waals surface area contributed by atoms with Crippen LogP contribution in [0.2, 0.25) is 0 Å². The van der Waals surface area contributed by atoms with E-state index in [0.29, 0.717) is 18.8 Å². The number of methoxy groups -OCH3 is 2. The molecule has 0 aliphatic rings. The summed E-state index contributed by atoms with van der Waals surface area (Å²) in [7, 11) is 3.27. The molecule has 0 aromatic heterocycles. The Balaban J connectivity index is 0.00000420. The number of nitrogens with one attached hydrogen (secondary N) is 2. The lowest BCUT2D eigenvalue weighted by Gasteiger charge is -2.13. The molecule has 0 saturated carbocycles. The lowest BCUT2D eigenvalue weighted by atomic mass is 10.2. The lowest BCUT2D eigenvalue weighted by molar-refractivity contribution is 0.317. The Bertz CT molecular complexity index is 769. The third-order valence-corrected chi connectivity index (χ3v) is 4.04. The highest BCUT2D eigenvalue weighted by atomic mass is 127. The molecule has 0 atom stereocenters. The Kier molecular flexibility index (Phi) is 11.9. The van der Waals surface area contributed by atoms with Gasteiger partial charge in [0.15, 0.2) is 17.5 Å². The molecule has 0 saturated heterocycles. The molecule has 0 radical (unpaired) electrons. The van der Waals surface area contributed by atoms with Gasteiger partial charge in [-0.3, -0.25) is 0 Å². The van der Waals surface area contributed by atoms with Gasteiger partial charge in [0.25, 0.3) is 0 Å². The number of halogens is 1. The van der Waals surface area contributed by atoms with Crippen LogP contribution in [0.4, 0.5) is 0 Å². The molecule has 0 heterocycles. The Morgan fingerprint density at radius 2 is 1.72 bits per heavy atom. The van der Waals surface area contributed by atoms with E-state index in [-0.39, 0.29) is 24.0 Å². The molecule has 0 bridgehead atoms. The first kappa shape index (κ1) is 24.9. The smallest absolute Gasteiger partial charge is 0.191 e. The summed E-state index contributed by atoms with van der Waals surface area (Å²) >= 11 is 0. The summed E-state index contributed by atoms with van der Waals surface area (Å²) in [6, 6.07) is 13.9. The van der Waals surface area contributed by atoms with Gasteiger partial charge < -0.3 is 24.8 Å². The molecule has 0 amide bonds. The summed E-state index contributed by atoms with van der Waals surface area (Å²) in [5.41, 5.74) is 2.19. The highest BCUT2D eigenvalue weighted by molar-refractivity contribution is 14.0. The van der Waals surface area contributed by atoms with Crippen LogP contribution in [0.3, 0.4) is 0 Å². The summed E-state index contributed by atoms with van der Waals surface area (Å²) in [6.07, 6.45) is 0.993. The second-order valence-corrected chi connectivity index (χ2v) is 6.23. The summed E-state index contributed by atoms with van der Waals surface area (Å²) in [5.74, 6) is 3.08. The normalized spacial score (nSPS) is 10.7.